The molecule has 28 heavy (non-hydrogen) atoms. The quantitative estimate of drug-likeness (QED) is 0.551. The van der Waals surface area contributed by atoms with E-state index in [9.17, 15) is 4.79 Å². The molecule has 0 atom stereocenters. The zero-order chi connectivity index (χ0) is 18.8. The molecule has 0 spiro atoms. The lowest BCUT2D eigenvalue weighted by atomic mass is 10.1. The number of anilines is 2. The Balaban J connectivity index is 0.00000364. The molecule has 0 aromatic heterocycles. The Bertz CT molecular complexity index is 710. The average molecular weight is 428 g/mol. The van der Waals surface area contributed by atoms with E-state index < -0.39 is 0 Å². The molecule has 0 heterocycles. The molecule has 0 aliphatic carbocycles. The van der Waals surface area contributed by atoms with Crippen molar-refractivity contribution in [2.24, 2.45) is 0 Å². The first-order valence-corrected chi connectivity index (χ1v) is 9.21. The molecule has 3 N–H and O–H groups in total. The van der Waals surface area contributed by atoms with Crippen LogP contribution in [0.15, 0.2) is 48.5 Å². The second-order valence-corrected chi connectivity index (χ2v) is 6.12. The number of nitrogens with one attached hydrogen (secondary N) is 1. The minimum atomic E-state index is -0.0481. The fourth-order valence-electron chi connectivity index (χ4n) is 2.74. The fraction of sp³-hybridized carbons (Fsp3) is 0.381. The van der Waals surface area contributed by atoms with Crippen molar-refractivity contribution in [3.63, 3.8) is 0 Å². The number of nitrogens with two attached hydrogens (primary N) is 1. The highest BCUT2D eigenvalue weighted by molar-refractivity contribution is 5.92. The Kier molecular flexibility index (Phi) is 13.1. The van der Waals surface area contributed by atoms with Crippen LogP contribution in [0.3, 0.4) is 0 Å². The number of rotatable bonds is 10. The van der Waals surface area contributed by atoms with Crippen molar-refractivity contribution < 1.29 is 9.53 Å². The van der Waals surface area contributed by atoms with Crippen LogP contribution in [0.1, 0.15) is 25.8 Å². The van der Waals surface area contributed by atoms with Gasteiger partial charge in [0, 0.05) is 18.7 Å². The normalized spacial score (nSPS) is 9.96. The summed E-state index contributed by atoms with van der Waals surface area (Å²) in [4.78, 5) is 14.6. The molecular formula is C21H31Cl2N3O2. The van der Waals surface area contributed by atoms with Gasteiger partial charge >= 0.3 is 0 Å². The summed E-state index contributed by atoms with van der Waals surface area (Å²) in [5, 5.41) is 2.95. The summed E-state index contributed by atoms with van der Waals surface area (Å²) in [7, 11) is 0. The SMILES string of the molecule is CCN(CC)CCOc1ccccc1NC(=O)CCc1ccccc1N.Cl.Cl. The van der Waals surface area contributed by atoms with Crippen molar-refractivity contribution in [2.45, 2.75) is 26.7 Å². The number of para-hydroxylation sites is 3. The monoisotopic (exact) mass is 427 g/mol. The topological polar surface area (TPSA) is 67.6 Å². The van der Waals surface area contributed by atoms with Gasteiger partial charge in [-0.2, -0.15) is 0 Å². The molecule has 0 aliphatic rings. The number of hydrogen-bond donors (Lipinski definition) is 2. The fourth-order valence-corrected chi connectivity index (χ4v) is 2.74. The molecule has 5 nitrogen and oxygen atoms in total. The van der Waals surface area contributed by atoms with Crippen molar-refractivity contribution in [3.8, 4) is 5.75 Å². The van der Waals surface area contributed by atoms with E-state index in [4.69, 9.17) is 10.5 Å². The number of carbonyl (C=O) groups excluding carboxylic acids is 1. The van der Waals surface area contributed by atoms with Gasteiger partial charge in [0.25, 0.3) is 0 Å². The molecule has 2 rings (SSSR count). The maximum Gasteiger partial charge on any atom is 0.224 e. The molecule has 0 saturated carbocycles. The van der Waals surface area contributed by atoms with Gasteiger partial charge in [-0.1, -0.05) is 44.2 Å². The third-order valence-electron chi connectivity index (χ3n) is 4.40. The van der Waals surface area contributed by atoms with Gasteiger partial charge in [0.15, 0.2) is 0 Å². The number of halogens is 2. The molecule has 0 bridgehead atoms. The van der Waals surface area contributed by atoms with E-state index in [1.165, 1.54) is 0 Å². The Morgan fingerprint density at radius 3 is 2.36 bits per heavy atom. The summed E-state index contributed by atoms with van der Waals surface area (Å²) in [5.41, 5.74) is 8.35. The van der Waals surface area contributed by atoms with Gasteiger partial charge in [-0.3, -0.25) is 4.79 Å². The van der Waals surface area contributed by atoms with Gasteiger partial charge < -0.3 is 20.7 Å². The minimum absolute atomic E-state index is 0. The number of nitrogen functional groups attached to an aromatic ring is 1. The van der Waals surface area contributed by atoms with Gasteiger partial charge in [0.2, 0.25) is 5.91 Å². The lowest BCUT2D eigenvalue weighted by Crippen LogP contribution is -2.28. The molecule has 0 fully saturated rings. The van der Waals surface area contributed by atoms with Gasteiger partial charge in [-0.25, -0.2) is 0 Å². The van der Waals surface area contributed by atoms with Crippen LogP contribution in [-0.2, 0) is 11.2 Å². The van der Waals surface area contributed by atoms with Crippen LogP contribution < -0.4 is 15.8 Å². The summed E-state index contributed by atoms with van der Waals surface area (Å²) in [6.07, 6.45) is 0.992. The van der Waals surface area contributed by atoms with Crippen LogP contribution in [0.2, 0.25) is 0 Å². The molecule has 0 aliphatic heterocycles. The van der Waals surface area contributed by atoms with Crippen LogP contribution in [-0.4, -0.2) is 37.0 Å². The Morgan fingerprint density at radius 2 is 1.68 bits per heavy atom. The third kappa shape index (κ3) is 8.38. The second kappa shape index (κ2) is 14.1. The van der Waals surface area contributed by atoms with E-state index in [0.29, 0.717) is 30.9 Å². The summed E-state index contributed by atoms with van der Waals surface area (Å²) in [6, 6.07) is 15.2. The van der Waals surface area contributed by atoms with E-state index in [1.54, 1.807) is 0 Å². The van der Waals surface area contributed by atoms with E-state index in [-0.39, 0.29) is 30.7 Å². The number of nitrogens with zero attached hydrogens (tertiary/aromatic N) is 1. The van der Waals surface area contributed by atoms with E-state index in [0.717, 1.165) is 30.9 Å². The van der Waals surface area contributed by atoms with Gasteiger partial charge in [-0.05, 0) is 43.3 Å². The van der Waals surface area contributed by atoms with Crippen molar-refractivity contribution in [1.82, 2.24) is 4.90 Å². The lowest BCUT2D eigenvalue weighted by Gasteiger charge is -2.19. The first kappa shape index (κ1) is 26.1. The summed E-state index contributed by atoms with van der Waals surface area (Å²) in [6.45, 7) is 7.73. The van der Waals surface area contributed by atoms with Gasteiger partial charge in [0.05, 0.1) is 5.69 Å². The first-order valence-electron chi connectivity index (χ1n) is 9.21. The van der Waals surface area contributed by atoms with E-state index in [2.05, 4.69) is 24.1 Å². The van der Waals surface area contributed by atoms with Crippen LogP contribution in [0, 0.1) is 0 Å². The summed E-state index contributed by atoms with van der Waals surface area (Å²) in [5.74, 6) is 0.653. The van der Waals surface area contributed by atoms with Crippen LogP contribution in [0.5, 0.6) is 5.75 Å². The molecule has 0 radical (unpaired) electrons. The maximum absolute atomic E-state index is 12.3. The summed E-state index contributed by atoms with van der Waals surface area (Å²) < 4.78 is 5.88. The molecule has 0 saturated heterocycles. The highest BCUT2D eigenvalue weighted by Gasteiger charge is 2.09. The number of aryl methyl sites for hydroxylation is 1. The Hall–Kier alpha value is -1.95. The van der Waals surface area contributed by atoms with Crippen LogP contribution in [0.25, 0.3) is 0 Å². The first-order chi connectivity index (χ1) is 12.6. The molecule has 2 aromatic carbocycles. The van der Waals surface area contributed by atoms with E-state index in [1.807, 2.05) is 48.5 Å². The molecule has 7 heteroatoms. The number of likely N-dealkylation sites (N-methyl/N-ethyl adjacent to an activating group) is 1. The predicted octanol–water partition coefficient (Wildman–Crippen LogP) is 4.40. The standard InChI is InChI=1S/C21H29N3O2.2ClH/c1-3-24(4-2)15-16-26-20-12-8-7-11-19(20)23-21(25)14-13-17-9-5-6-10-18(17)22;;/h5-12H,3-4,13-16,22H2,1-2H3,(H,23,25);2*1H. The van der Waals surface area contributed by atoms with Crippen molar-refractivity contribution in [3.05, 3.63) is 54.1 Å². The number of amides is 1. The molecule has 0 unspecified atom stereocenters. The smallest absolute Gasteiger partial charge is 0.224 e. The second-order valence-electron chi connectivity index (χ2n) is 6.12. The number of benzene rings is 2. The molecule has 156 valence electrons. The molecular weight excluding hydrogens is 397 g/mol. The third-order valence-corrected chi connectivity index (χ3v) is 4.40. The Labute approximate surface area is 180 Å². The zero-order valence-corrected chi connectivity index (χ0v) is 18.2. The van der Waals surface area contributed by atoms with Crippen molar-refractivity contribution in [1.29, 1.82) is 0 Å². The maximum atomic E-state index is 12.3. The molecule has 1 amide bonds. The van der Waals surface area contributed by atoms with Crippen molar-refractivity contribution in [2.75, 3.05) is 37.3 Å². The highest BCUT2D eigenvalue weighted by atomic mass is 35.5. The summed E-state index contributed by atoms with van der Waals surface area (Å²) >= 11 is 0. The van der Waals surface area contributed by atoms with Crippen molar-refractivity contribution >= 4 is 42.1 Å². The Morgan fingerprint density at radius 1 is 1.04 bits per heavy atom. The lowest BCUT2D eigenvalue weighted by molar-refractivity contribution is -0.116. The zero-order valence-electron chi connectivity index (χ0n) is 16.5. The van der Waals surface area contributed by atoms with Gasteiger partial charge in [-0.15, -0.1) is 24.8 Å². The highest BCUT2D eigenvalue weighted by Crippen LogP contribution is 2.24. The number of ether oxygens (including phenoxy) is 1. The van der Waals surface area contributed by atoms with E-state index >= 15 is 0 Å². The van der Waals surface area contributed by atoms with Crippen LogP contribution in [0.4, 0.5) is 11.4 Å². The average Bonchev–Trinajstić information content (AvgIpc) is 2.66. The largest absolute Gasteiger partial charge is 0.490 e. The van der Waals surface area contributed by atoms with Crippen LogP contribution >= 0.6 is 24.8 Å². The number of carbonyl (C=O) groups is 1. The molecule has 2 aromatic rings. The minimum Gasteiger partial charge on any atom is -0.490 e. The number of hydrogen-bond acceptors (Lipinski definition) is 4. The van der Waals surface area contributed by atoms with Gasteiger partial charge in [0.1, 0.15) is 12.4 Å². The predicted molar refractivity (Wildman–Crippen MR) is 122 cm³/mol.